The van der Waals surface area contributed by atoms with Crippen LogP contribution in [0.4, 0.5) is 11.4 Å². The zero-order chi connectivity index (χ0) is 25.9. The second kappa shape index (κ2) is 12.9. The van der Waals surface area contributed by atoms with Gasteiger partial charge in [0.1, 0.15) is 0 Å². The first kappa shape index (κ1) is 26.2. The monoisotopic (exact) mass is 488 g/mol. The molecule has 2 amide bonds. The van der Waals surface area contributed by atoms with Crippen molar-refractivity contribution in [1.29, 1.82) is 0 Å². The van der Waals surface area contributed by atoms with Crippen LogP contribution in [0.25, 0.3) is 0 Å². The molecule has 0 aliphatic rings. The summed E-state index contributed by atoms with van der Waals surface area (Å²) in [6.07, 6.45) is 0. The van der Waals surface area contributed by atoms with Gasteiger partial charge in [-0.3, -0.25) is 9.59 Å². The van der Waals surface area contributed by atoms with E-state index < -0.39 is 25.2 Å². The van der Waals surface area contributed by atoms with E-state index in [1.807, 2.05) is 50.2 Å². The van der Waals surface area contributed by atoms with Gasteiger partial charge in [0.15, 0.2) is 13.2 Å². The summed E-state index contributed by atoms with van der Waals surface area (Å²) in [5.41, 5.74) is 1.79. The lowest BCUT2D eigenvalue weighted by atomic mass is 10.1. The van der Waals surface area contributed by atoms with E-state index in [0.717, 1.165) is 0 Å². The van der Waals surface area contributed by atoms with Gasteiger partial charge in [0.2, 0.25) is 0 Å². The average molecular weight is 489 g/mol. The van der Waals surface area contributed by atoms with Crippen molar-refractivity contribution in [3.8, 4) is 0 Å². The number of hydrogen-bond acceptors (Lipinski definition) is 6. The molecule has 3 rings (SSSR count). The number of rotatable bonds is 10. The Hall–Kier alpha value is -4.46. The lowest BCUT2D eigenvalue weighted by Gasteiger charge is -2.21. The standard InChI is InChI=1S/C28H28N2O6/c1-3-29(23-11-7-5-8-12-23)25(31)19-35-27(33)21-15-17-22(18-16-21)28(34)36-20-26(32)30(4-2)24-13-9-6-10-14-24/h5-18H,3-4,19-20H2,1-2H3. The fraction of sp³-hybridized carbons (Fsp3) is 0.214. The Kier molecular flexibility index (Phi) is 9.33. The molecule has 0 aliphatic heterocycles. The number of ether oxygens (including phenoxy) is 2. The zero-order valence-electron chi connectivity index (χ0n) is 20.3. The minimum atomic E-state index is -0.691. The van der Waals surface area contributed by atoms with E-state index in [2.05, 4.69) is 0 Å². The Morgan fingerprint density at radius 2 is 0.889 bits per heavy atom. The van der Waals surface area contributed by atoms with Gasteiger partial charge in [-0.25, -0.2) is 9.59 Å². The van der Waals surface area contributed by atoms with Crippen LogP contribution < -0.4 is 9.80 Å². The van der Waals surface area contributed by atoms with Gasteiger partial charge in [-0.15, -0.1) is 0 Å². The molecule has 0 radical (unpaired) electrons. The van der Waals surface area contributed by atoms with Gasteiger partial charge in [-0.05, 0) is 62.4 Å². The molecule has 0 aromatic heterocycles. The Labute approximate surface area is 210 Å². The molecule has 0 saturated heterocycles. The highest BCUT2D eigenvalue weighted by molar-refractivity contribution is 5.99. The molecule has 0 heterocycles. The second-order valence-electron chi connectivity index (χ2n) is 7.68. The van der Waals surface area contributed by atoms with Crippen LogP contribution in [0.2, 0.25) is 0 Å². The van der Waals surface area contributed by atoms with Gasteiger partial charge in [0.05, 0.1) is 11.1 Å². The summed E-state index contributed by atoms with van der Waals surface area (Å²) in [6.45, 7) is 3.70. The van der Waals surface area contributed by atoms with Gasteiger partial charge >= 0.3 is 11.9 Å². The number of carbonyl (C=O) groups is 4. The van der Waals surface area contributed by atoms with E-state index in [1.165, 1.54) is 34.1 Å². The molecule has 0 saturated carbocycles. The van der Waals surface area contributed by atoms with Gasteiger partial charge in [0.25, 0.3) is 11.8 Å². The molecular formula is C28H28N2O6. The van der Waals surface area contributed by atoms with Gasteiger partial charge < -0.3 is 19.3 Å². The molecule has 8 heteroatoms. The first-order valence-electron chi connectivity index (χ1n) is 11.6. The van der Waals surface area contributed by atoms with E-state index in [0.29, 0.717) is 24.5 Å². The van der Waals surface area contributed by atoms with Crippen molar-refractivity contribution >= 4 is 35.1 Å². The number of carbonyl (C=O) groups excluding carboxylic acids is 4. The van der Waals surface area contributed by atoms with Crippen molar-refractivity contribution < 1.29 is 28.7 Å². The number of anilines is 2. The Balaban J connectivity index is 1.52. The van der Waals surface area contributed by atoms with Crippen LogP contribution in [0.3, 0.4) is 0 Å². The summed E-state index contributed by atoms with van der Waals surface area (Å²) in [7, 11) is 0. The molecule has 8 nitrogen and oxygen atoms in total. The molecular weight excluding hydrogens is 460 g/mol. The minimum Gasteiger partial charge on any atom is -0.452 e. The lowest BCUT2D eigenvalue weighted by molar-refractivity contribution is -0.122. The van der Waals surface area contributed by atoms with Crippen molar-refractivity contribution in [2.75, 3.05) is 36.1 Å². The highest BCUT2D eigenvalue weighted by Crippen LogP contribution is 2.15. The number of likely N-dealkylation sites (N-methyl/N-ethyl adjacent to an activating group) is 2. The fourth-order valence-electron chi connectivity index (χ4n) is 3.54. The summed E-state index contributed by atoms with van der Waals surface area (Å²) < 4.78 is 10.3. The molecule has 0 bridgehead atoms. The molecule has 3 aromatic carbocycles. The van der Waals surface area contributed by atoms with Gasteiger partial charge in [0, 0.05) is 24.5 Å². The molecule has 0 N–H and O–H groups in total. The Morgan fingerprint density at radius 1 is 0.556 bits per heavy atom. The SMILES string of the molecule is CCN(C(=O)COC(=O)c1ccc(C(=O)OCC(=O)N(CC)c2ccccc2)cc1)c1ccccc1. The summed E-state index contributed by atoms with van der Waals surface area (Å²) in [4.78, 5) is 52.8. The molecule has 3 aromatic rings. The van der Waals surface area contributed by atoms with E-state index in [1.54, 1.807) is 24.3 Å². The molecule has 0 unspecified atom stereocenters. The van der Waals surface area contributed by atoms with Crippen LogP contribution in [0.5, 0.6) is 0 Å². The fourth-order valence-corrected chi connectivity index (χ4v) is 3.54. The van der Waals surface area contributed by atoms with E-state index in [-0.39, 0.29) is 22.9 Å². The number of amides is 2. The van der Waals surface area contributed by atoms with Crippen LogP contribution in [0, 0.1) is 0 Å². The van der Waals surface area contributed by atoms with E-state index in [4.69, 9.17) is 9.47 Å². The quantitative estimate of drug-likeness (QED) is 0.399. The molecule has 0 aliphatic carbocycles. The smallest absolute Gasteiger partial charge is 0.338 e. The Bertz CT molecular complexity index is 1090. The molecule has 186 valence electrons. The molecule has 0 atom stereocenters. The zero-order valence-corrected chi connectivity index (χ0v) is 20.3. The summed E-state index contributed by atoms with van der Waals surface area (Å²) >= 11 is 0. The second-order valence-corrected chi connectivity index (χ2v) is 7.68. The van der Waals surface area contributed by atoms with Crippen LogP contribution in [0.15, 0.2) is 84.9 Å². The highest BCUT2D eigenvalue weighted by atomic mass is 16.5. The van der Waals surface area contributed by atoms with Crippen molar-refractivity contribution in [2.45, 2.75) is 13.8 Å². The largest absolute Gasteiger partial charge is 0.452 e. The van der Waals surface area contributed by atoms with Crippen LogP contribution in [-0.4, -0.2) is 50.1 Å². The maximum atomic E-state index is 12.5. The van der Waals surface area contributed by atoms with Crippen molar-refractivity contribution in [2.24, 2.45) is 0 Å². The van der Waals surface area contributed by atoms with E-state index in [9.17, 15) is 19.2 Å². The Morgan fingerprint density at radius 3 is 1.19 bits per heavy atom. The molecule has 0 spiro atoms. The molecule has 0 fully saturated rings. The average Bonchev–Trinajstić information content (AvgIpc) is 2.92. The predicted molar refractivity (Wildman–Crippen MR) is 136 cm³/mol. The van der Waals surface area contributed by atoms with Gasteiger partial charge in [-0.1, -0.05) is 36.4 Å². The third-order valence-corrected chi connectivity index (χ3v) is 5.38. The third kappa shape index (κ3) is 6.79. The highest BCUT2D eigenvalue weighted by Gasteiger charge is 2.19. The van der Waals surface area contributed by atoms with E-state index >= 15 is 0 Å². The number of esters is 2. The number of benzene rings is 3. The first-order valence-corrected chi connectivity index (χ1v) is 11.6. The van der Waals surface area contributed by atoms with Crippen molar-refractivity contribution in [3.05, 3.63) is 96.1 Å². The topological polar surface area (TPSA) is 93.2 Å². The predicted octanol–water partition coefficient (Wildman–Crippen LogP) is 4.11. The van der Waals surface area contributed by atoms with Crippen LogP contribution in [-0.2, 0) is 19.1 Å². The number of nitrogens with zero attached hydrogens (tertiary/aromatic N) is 2. The summed E-state index contributed by atoms with van der Waals surface area (Å²) in [6, 6.07) is 23.8. The normalized spacial score (nSPS) is 10.3. The maximum Gasteiger partial charge on any atom is 0.338 e. The number of para-hydroxylation sites is 2. The van der Waals surface area contributed by atoms with Crippen LogP contribution in [0.1, 0.15) is 34.6 Å². The number of hydrogen-bond donors (Lipinski definition) is 0. The summed E-state index contributed by atoms with van der Waals surface area (Å²) in [5.74, 6) is -2.08. The van der Waals surface area contributed by atoms with Crippen LogP contribution >= 0.6 is 0 Å². The van der Waals surface area contributed by atoms with Gasteiger partial charge in [-0.2, -0.15) is 0 Å². The maximum absolute atomic E-state index is 12.5. The van der Waals surface area contributed by atoms with Crippen molar-refractivity contribution in [1.82, 2.24) is 0 Å². The van der Waals surface area contributed by atoms with Crippen molar-refractivity contribution in [3.63, 3.8) is 0 Å². The minimum absolute atomic E-state index is 0.180. The lowest BCUT2D eigenvalue weighted by Crippen LogP contribution is -2.34. The summed E-state index contributed by atoms with van der Waals surface area (Å²) in [5, 5.41) is 0. The molecule has 36 heavy (non-hydrogen) atoms. The first-order chi connectivity index (χ1) is 17.4. The third-order valence-electron chi connectivity index (χ3n) is 5.38.